The number of rotatable bonds is 6. The first-order chi connectivity index (χ1) is 12.1. The SMILES string of the molecule is CCn1c(COCc2ccccc2)nn(-c2cc(I)ccc2F)c1=O. The Morgan fingerprint density at radius 2 is 1.92 bits per heavy atom. The summed E-state index contributed by atoms with van der Waals surface area (Å²) in [5.41, 5.74) is 0.811. The Bertz CT molecular complexity index is 922. The summed E-state index contributed by atoms with van der Waals surface area (Å²) in [7, 11) is 0. The smallest absolute Gasteiger partial charge is 0.350 e. The predicted octanol–water partition coefficient (Wildman–Crippen LogP) is 3.51. The van der Waals surface area contributed by atoms with Gasteiger partial charge in [0.2, 0.25) is 0 Å². The van der Waals surface area contributed by atoms with E-state index in [9.17, 15) is 9.18 Å². The van der Waals surface area contributed by atoms with Crippen molar-refractivity contribution in [2.24, 2.45) is 0 Å². The van der Waals surface area contributed by atoms with Crippen molar-refractivity contribution in [2.45, 2.75) is 26.7 Å². The fourth-order valence-electron chi connectivity index (χ4n) is 2.50. The quantitative estimate of drug-likeness (QED) is 0.537. The zero-order valence-corrected chi connectivity index (χ0v) is 15.8. The highest BCUT2D eigenvalue weighted by Gasteiger charge is 2.16. The van der Waals surface area contributed by atoms with Crippen LogP contribution in [0.3, 0.4) is 0 Å². The maximum atomic E-state index is 14.1. The van der Waals surface area contributed by atoms with Crippen molar-refractivity contribution in [1.29, 1.82) is 0 Å². The van der Waals surface area contributed by atoms with Gasteiger partial charge in [0.1, 0.15) is 18.1 Å². The molecule has 0 spiro atoms. The number of aromatic nitrogens is 3. The van der Waals surface area contributed by atoms with Gasteiger partial charge in [0.05, 0.1) is 6.61 Å². The van der Waals surface area contributed by atoms with Crippen LogP contribution < -0.4 is 5.69 Å². The van der Waals surface area contributed by atoms with E-state index in [0.717, 1.165) is 13.8 Å². The molecule has 5 nitrogen and oxygen atoms in total. The fraction of sp³-hybridized carbons (Fsp3) is 0.222. The fourth-order valence-corrected chi connectivity index (χ4v) is 2.98. The molecule has 0 aliphatic heterocycles. The molecule has 0 saturated heterocycles. The molecule has 0 N–H and O–H groups in total. The summed E-state index contributed by atoms with van der Waals surface area (Å²) >= 11 is 2.07. The molecule has 0 saturated carbocycles. The standard InChI is InChI=1S/C18H17FIN3O2/c1-2-22-17(12-25-11-13-6-4-3-5-7-13)21-23(18(22)24)16-10-14(20)8-9-15(16)19/h3-10H,2,11-12H2,1H3. The monoisotopic (exact) mass is 453 g/mol. The van der Waals surface area contributed by atoms with Gasteiger partial charge in [-0.1, -0.05) is 30.3 Å². The maximum Gasteiger partial charge on any atom is 0.350 e. The van der Waals surface area contributed by atoms with Crippen LogP contribution in [0.2, 0.25) is 0 Å². The molecule has 7 heteroatoms. The first kappa shape index (κ1) is 17.8. The van der Waals surface area contributed by atoms with Crippen molar-refractivity contribution < 1.29 is 9.13 Å². The molecule has 0 fully saturated rings. The lowest BCUT2D eigenvalue weighted by Gasteiger charge is -2.04. The second-order valence-corrected chi connectivity index (χ2v) is 6.67. The Kier molecular flexibility index (Phi) is 5.64. The van der Waals surface area contributed by atoms with Gasteiger partial charge in [-0.25, -0.2) is 9.18 Å². The second kappa shape index (κ2) is 7.92. The number of hydrogen-bond donors (Lipinski definition) is 0. The van der Waals surface area contributed by atoms with Gasteiger partial charge in [-0.15, -0.1) is 5.10 Å². The number of halogens is 2. The van der Waals surface area contributed by atoms with Crippen LogP contribution in [0.15, 0.2) is 53.3 Å². The number of benzene rings is 2. The summed E-state index contributed by atoms with van der Waals surface area (Å²) in [6.45, 7) is 2.88. The molecular formula is C18H17FIN3O2. The number of hydrogen-bond acceptors (Lipinski definition) is 3. The van der Waals surface area contributed by atoms with Gasteiger partial charge >= 0.3 is 5.69 Å². The third-order valence-corrected chi connectivity index (χ3v) is 4.41. The first-order valence-electron chi connectivity index (χ1n) is 7.86. The van der Waals surface area contributed by atoms with Gasteiger partial charge in [-0.2, -0.15) is 4.68 Å². The van der Waals surface area contributed by atoms with Gasteiger partial charge in [-0.05, 0) is 53.3 Å². The minimum Gasteiger partial charge on any atom is -0.369 e. The van der Waals surface area contributed by atoms with E-state index >= 15 is 0 Å². The summed E-state index contributed by atoms with van der Waals surface area (Å²) < 4.78 is 23.2. The third-order valence-electron chi connectivity index (χ3n) is 3.73. The van der Waals surface area contributed by atoms with Crippen LogP contribution in [0, 0.1) is 9.39 Å². The van der Waals surface area contributed by atoms with Gasteiger partial charge in [-0.3, -0.25) is 4.57 Å². The van der Waals surface area contributed by atoms with Crippen LogP contribution in [0.25, 0.3) is 5.69 Å². The molecular weight excluding hydrogens is 436 g/mol. The zero-order valence-electron chi connectivity index (χ0n) is 13.7. The first-order valence-corrected chi connectivity index (χ1v) is 8.94. The zero-order chi connectivity index (χ0) is 17.8. The summed E-state index contributed by atoms with van der Waals surface area (Å²) in [5.74, 6) is -0.0123. The molecule has 0 aliphatic rings. The van der Waals surface area contributed by atoms with Crippen LogP contribution >= 0.6 is 22.6 Å². The molecule has 0 bridgehead atoms. The van der Waals surface area contributed by atoms with Crippen LogP contribution in [0.1, 0.15) is 18.3 Å². The summed E-state index contributed by atoms with van der Waals surface area (Å²) in [4.78, 5) is 12.6. The lowest BCUT2D eigenvalue weighted by atomic mass is 10.2. The minimum atomic E-state index is -0.486. The van der Waals surface area contributed by atoms with Crippen molar-refractivity contribution in [1.82, 2.24) is 14.3 Å². The Labute approximate surface area is 158 Å². The van der Waals surface area contributed by atoms with Crippen molar-refractivity contribution in [2.75, 3.05) is 0 Å². The molecule has 0 atom stereocenters. The van der Waals surface area contributed by atoms with Crippen molar-refractivity contribution in [3.63, 3.8) is 0 Å². The highest BCUT2D eigenvalue weighted by Crippen LogP contribution is 2.15. The molecule has 2 aromatic carbocycles. The van der Waals surface area contributed by atoms with Crippen LogP contribution in [0.4, 0.5) is 4.39 Å². The van der Waals surface area contributed by atoms with E-state index in [-0.39, 0.29) is 18.0 Å². The Hall–Kier alpha value is -2.00. The van der Waals surface area contributed by atoms with E-state index in [0.29, 0.717) is 19.0 Å². The lowest BCUT2D eigenvalue weighted by molar-refractivity contribution is 0.0989. The molecule has 130 valence electrons. The van der Waals surface area contributed by atoms with E-state index in [4.69, 9.17) is 4.74 Å². The maximum absolute atomic E-state index is 14.1. The Morgan fingerprint density at radius 3 is 2.64 bits per heavy atom. The van der Waals surface area contributed by atoms with E-state index in [1.54, 1.807) is 12.1 Å². The Balaban J connectivity index is 1.85. The van der Waals surface area contributed by atoms with E-state index in [1.165, 1.54) is 10.6 Å². The van der Waals surface area contributed by atoms with Gasteiger partial charge in [0, 0.05) is 10.1 Å². The van der Waals surface area contributed by atoms with Gasteiger partial charge in [0.15, 0.2) is 5.82 Å². The molecule has 0 unspecified atom stereocenters. The number of nitrogens with zero attached hydrogens (tertiary/aromatic N) is 3. The molecule has 3 aromatic rings. The highest BCUT2D eigenvalue weighted by atomic mass is 127. The van der Waals surface area contributed by atoms with Crippen molar-refractivity contribution in [3.05, 3.63) is 79.8 Å². The highest BCUT2D eigenvalue weighted by molar-refractivity contribution is 14.1. The topological polar surface area (TPSA) is 49.0 Å². The summed E-state index contributed by atoms with van der Waals surface area (Å²) in [6.07, 6.45) is 0. The molecule has 1 heterocycles. The van der Waals surface area contributed by atoms with Crippen LogP contribution in [-0.2, 0) is 24.5 Å². The molecule has 1 aromatic heterocycles. The largest absolute Gasteiger partial charge is 0.369 e. The normalized spacial score (nSPS) is 11.0. The molecule has 25 heavy (non-hydrogen) atoms. The van der Waals surface area contributed by atoms with Crippen LogP contribution in [-0.4, -0.2) is 14.3 Å². The Morgan fingerprint density at radius 1 is 1.16 bits per heavy atom. The molecule has 0 aliphatic carbocycles. The van der Waals surface area contributed by atoms with E-state index in [1.807, 2.05) is 37.3 Å². The average Bonchev–Trinajstić information content (AvgIpc) is 2.93. The number of ether oxygens (including phenoxy) is 1. The molecule has 0 radical (unpaired) electrons. The lowest BCUT2D eigenvalue weighted by Crippen LogP contribution is -2.24. The summed E-state index contributed by atoms with van der Waals surface area (Å²) in [5, 5.41) is 4.28. The van der Waals surface area contributed by atoms with E-state index in [2.05, 4.69) is 27.7 Å². The average molecular weight is 453 g/mol. The molecule has 3 rings (SSSR count). The van der Waals surface area contributed by atoms with Crippen molar-refractivity contribution >= 4 is 22.6 Å². The van der Waals surface area contributed by atoms with Crippen molar-refractivity contribution in [3.8, 4) is 5.69 Å². The molecule has 0 amide bonds. The van der Waals surface area contributed by atoms with Gasteiger partial charge in [0.25, 0.3) is 0 Å². The van der Waals surface area contributed by atoms with Crippen LogP contribution in [0.5, 0.6) is 0 Å². The van der Waals surface area contributed by atoms with Gasteiger partial charge < -0.3 is 4.74 Å². The summed E-state index contributed by atoms with van der Waals surface area (Å²) in [6, 6.07) is 14.3. The van der Waals surface area contributed by atoms with E-state index < -0.39 is 5.82 Å². The predicted molar refractivity (Wildman–Crippen MR) is 101 cm³/mol. The second-order valence-electron chi connectivity index (χ2n) is 5.43. The minimum absolute atomic E-state index is 0.147. The third kappa shape index (κ3) is 3.98.